The van der Waals surface area contributed by atoms with Crippen LogP contribution in [0.15, 0.2) is 0 Å². The van der Waals surface area contributed by atoms with Crippen molar-refractivity contribution >= 4 is 11.9 Å². The van der Waals surface area contributed by atoms with E-state index in [1.165, 1.54) is 0 Å². The molecule has 2 atom stereocenters. The second-order valence-corrected chi connectivity index (χ2v) is 8.41. The van der Waals surface area contributed by atoms with Crippen LogP contribution in [0.4, 0.5) is 0 Å². The first kappa shape index (κ1) is 19.0. The van der Waals surface area contributed by atoms with Gasteiger partial charge in [-0.15, -0.1) is 0 Å². The number of carbonyl (C=O) groups excluding carboxylic acids is 2. The second kappa shape index (κ2) is 7.47. The first-order valence-electron chi connectivity index (χ1n) is 8.40. The van der Waals surface area contributed by atoms with Gasteiger partial charge >= 0.3 is 11.9 Å². The molecule has 128 valence electrons. The molecule has 0 radical (unpaired) electrons. The van der Waals surface area contributed by atoms with Gasteiger partial charge in [0.25, 0.3) is 0 Å². The van der Waals surface area contributed by atoms with E-state index in [0.717, 1.165) is 32.1 Å². The van der Waals surface area contributed by atoms with Crippen LogP contribution in [0.3, 0.4) is 0 Å². The average Bonchev–Trinajstić information content (AvgIpc) is 2.38. The van der Waals surface area contributed by atoms with Crippen LogP contribution in [-0.2, 0) is 19.1 Å². The van der Waals surface area contributed by atoms with Crippen molar-refractivity contribution in [1.82, 2.24) is 0 Å². The molecular formula is C18H32O4. The van der Waals surface area contributed by atoms with Crippen LogP contribution in [0.5, 0.6) is 0 Å². The summed E-state index contributed by atoms with van der Waals surface area (Å²) in [4.78, 5) is 23.9. The van der Waals surface area contributed by atoms with Crippen molar-refractivity contribution in [1.29, 1.82) is 0 Å². The molecule has 0 aromatic rings. The van der Waals surface area contributed by atoms with E-state index >= 15 is 0 Å². The van der Waals surface area contributed by atoms with Crippen LogP contribution in [-0.4, -0.2) is 24.6 Å². The standard InChI is InChI=1S/C18H32O4/c1-17(2,3)15(19)21-12-11-13-9-7-8-10-14(13)22-16(20)18(4,5)6/h13-14H,7-12H2,1-6H3/t13-,14+/m1/s1. The molecule has 4 heteroatoms. The molecule has 0 N–H and O–H groups in total. The van der Waals surface area contributed by atoms with Crippen LogP contribution in [0.25, 0.3) is 0 Å². The maximum absolute atomic E-state index is 12.1. The molecule has 0 aromatic carbocycles. The largest absolute Gasteiger partial charge is 0.465 e. The third kappa shape index (κ3) is 5.98. The lowest BCUT2D eigenvalue weighted by molar-refractivity contribution is -0.165. The van der Waals surface area contributed by atoms with Gasteiger partial charge in [-0.1, -0.05) is 6.42 Å². The van der Waals surface area contributed by atoms with Crippen LogP contribution in [0, 0.1) is 16.7 Å². The Balaban J connectivity index is 2.49. The van der Waals surface area contributed by atoms with Gasteiger partial charge in [-0.3, -0.25) is 9.59 Å². The van der Waals surface area contributed by atoms with Gasteiger partial charge < -0.3 is 9.47 Å². The number of esters is 2. The summed E-state index contributed by atoms with van der Waals surface area (Å²) >= 11 is 0. The minimum absolute atomic E-state index is 0.0335. The van der Waals surface area contributed by atoms with Crippen molar-refractivity contribution in [2.45, 2.75) is 79.8 Å². The SMILES string of the molecule is CC(C)(C)C(=O)OCC[C@H]1CCCC[C@@H]1OC(=O)C(C)(C)C. The quantitative estimate of drug-likeness (QED) is 0.733. The highest BCUT2D eigenvalue weighted by Crippen LogP contribution is 2.31. The number of rotatable bonds is 4. The summed E-state index contributed by atoms with van der Waals surface area (Å²) in [5.74, 6) is -0.0181. The zero-order chi connectivity index (χ0) is 17.0. The summed E-state index contributed by atoms with van der Waals surface area (Å²) in [6, 6.07) is 0. The van der Waals surface area contributed by atoms with E-state index in [1.807, 2.05) is 41.5 Å². The monoisotopic (exact) mass is 312 g/mol. The first-order chi connectivity index (χ1) is 10.0. The van der Waals surface area contributed by atoms with E-state index in [4.69, 9.17) is 9.47 Å². The van der Waals surface area contributed by atoms with E-state index in [2.05, 4.69) is 0 Å². The van der Waals surface area contributed by atoms with Crippen molar-refractivity contribution < 1.29 is 19.1 Å². The van der Waals surface area contributed by atoms with Gasteiger partial charge in [0.15, 0.2) is 0 Å². The van der Waals surface area contributed by atoms with Crippen molar-refractivity contribution in [3.05, 3.63) is 0 Å². The Morgan fingerprint density at radius 3 is 2.00 bits per heavy atom. The van der Waals surface area contributed by atoms with Gasteiger partial charge in [-0.2, -0.15) is 0 Å². The van der Waals surface area contributed by atoms with E-state index in [9.17, 15) is 9.59 Å². The van der Waals surface area contributed by atoms with E-state index < -0.39 is 10.8 Å². The second-order valence-electron chi connectivity index (χ2n) is 8.41. The molecule has 0 saturated heterocycles. The van der Waals surface area contributed by atoms with Crippen molar-refractivity contribution in [2.24, 2.45) is 16.7 Å². The van der Waals surface area contributed by atoms with Gasteiger partial charge in [0.1, 0.15) is 6.10 Å². The molecule has 1 rings (SSSR count). The molecule has 0 amide bonds. The Morgan fingerprint density at radius 1 is 0.909 bits per heavy atom. The highest BCUT2D eigenvalue weighted by Gasteiger charge is 2.32. The minimum atomic E-state index is -0.472. The predicted molar refractivity (Wildman–Crippen MR) is 86.3 cm³/mol. The summed E-state index contributed by atoms with van der Waals surface area (Å²) in [7, 11) is 0. The van der Waals surface area contributed by atoms with Crippen molar-refractivity contribution in [2.75, 3.05) is 6.61 Å². The minimum Gasteiger partial charge on any atom is -0.465 e. The van der Waals surface area contributed by atoms with Crippen LogP contribution in [0.2, 0.25) is 0 Å². The Hall–Kier alpha value is -1.06. The zero-order valence-corrected chi connectivity index (χ0v) is 15.0. The molecule has 0 aliphatic heterocycles. The molecule has 0 spiro atoms. The molecule has 4 nitrogen and oxygen atoms in total. The summed E-state index contributed by atoms with van der Waals surface area (Å²) in [6.07, 6.45) is 4.94. The Bertz CT molecular complexity index is 387. The summed E-state index contributed by atoms with van der Waals surface area (Å²) in [5, 5.41) is 0. The zero-order valence-electron chi connectivity index (χ0n) is 15.0. The van der Waals surface area contributed by atoms with Gasteiger partial charge in [0, 0.05) is 0 Å². The molecule has 0 bridgehead atoms. The third-order valence-electron chi connectivity index (χ3n) is 4.04. The smallest absolute Gasteiger partial charge is 0.311 e. The predicted octanol–water partition coefficient (Wildman–Crippen LogP) is 4.11. The molecule has 1 fully saturated rings. The highest BCUT2D eigenvalue weighted by molar-refractivity contribution is 5.75. The highest BCUT2D eigenvalue weighted by atomic mass is 16.5. The average molecular weight is 312 g/mol. The third-order valence-corrected chi connectivity index (χ3v) is 4.04. The van der Waals surface area contributed by atoms with Crippen molar-refractivity contribution in [3.63, 3.8) is 0 Å². The molecule has 1 aliphatic rings. The van der Waals surface area contributed by atoms with Crippen LogP contribution >= 0.6 is 0 Å². The van der Waals surface area contributed by atoms with Crippen molar-refractivity contribution in [3.8, 4) is 0 Å². The van der Waals surface area contributed by atoms with E-state index in [0.29, 0.717) is 12.5 Å². The normalized spacial score (nSPS) is 23.0. The molecule has 0 heterocycles. The van der Waals surface area contributed by atoms with Gasteiger partial charge in [0.2, 0.25) is 0 Å². The Labute approximate surface area is 134 Å². The lowest BCUT2D eigenvalue weighted by Crippen LogP contribution is -2.35. The molecular weight excluding hydrogens is 280 g/mol. The Morgan fingerprint density at radius 2 is 1.45 bits per heavy atom. The van der Waals surface area contributed by atoms with Crippen LogP contribution in [0.1, 0.15) is 73.6 Å². The van der Waals surface area contributed by atoms with Gasteiger partial charge in [-0.25, -0.2) is 0 Å². The number of hydrogen-bond acceptors (Lipinski definition) is 4. The topological polar surface area (TPSA) is 52.6 Å². The van der Waals surface area contributed by atoms with Crippen LogP contribution < -0.4 is 0 Å². The lowest BCUT2D eigenvalue weighted by Gasteiger charge is -2.33. The van der Waals surface area contributed by atoms with Gasteiger partial charge in [-0.05, 0) is 73.1 Å². The molecule has 1 saturated carbocycles. The fraction of sp³-hybridized carbons (Fsp3) is 0.889. The number of carbonyl (C=O) groups is 2. The molecule has 1 aliphatic carbocycles. The summed E-state index contributed by atoms with van der Waals surface area (Å²) in [5.41, 5.74) is -0.939. The fourth-order valence-corrected chi connectivity index (χ4v) is 2.49. The maximum atomic E-state index is 12.1. The molecule has 0 aromatic heterocycles. The van der Waals surface area contributed by atoms with E-state index in [1.54, 1.807) is 0 Å². The number of ether oxygens (including phenoxy) is 2. The van der Waals surface area contributed by atoms with Gasteiger partial charge in [0.05, 0.1) is 17.4 Å². The Kier molecular flexibility index (Phi) is 6.45. The first-order valence-corrected chi connectivity index (χ1v) is 8.40. The molecule has 22 heavy (non-hydrogen) atoms. The number of hydrogen-bond donors (Lipinski definition) is 0. The maximum Gasteiger partial charge on any atom is 0.311 e. The lowest BCUT2D eigenvalue weighted by atomic mass is 9.84. The summed E-state index contributed by atoms with van der Waals surface area (Å²) < 4.78 is 11.1. The molecule has 0 unspecified atom stereocenters. The summed E-state index contributed by atoms with van der Waals surface area (Å²) in [6.45, 7) is 11.6. The van der Waals surface area contributed by atoms with E-state index in [-0.39, 0.29) is 18.0 Å². The fourth-order valence-electron chi connectivity index (χ4n) is 2.49.